The van der Waals surface area contributed by atoms with Gasteiger partial charge in [-0.25, -0.2) is 0 Å². The van der Waals surface area contributed by atoms with Crippen molar-refractivity contribution in [1.82, 2.24) is 15.0 Å². The molecule has 4 rings (SSSR count). The Morgan fingerprint density at radius 1 is 1.19 bits per heavy atom. The summed E-state index contributed by atoms with van der Waals surface area (Å²) < 4.78 is 5.44. The van der Waals surface area contributed by atoms with E-state index in [1.807, 2.05) is 22.8 Å². The third-order valence-electron chi connectivity index (χ3n) is 6.38. The van der Waals surface area contributed by atoms with Crippen molar-refractivity contribution in [2.45, 2.75) is 58.4 Å². The van der Waals surface area contributed by atoms with Crippen molar-refractivity contribution >= 4 is 11.8 Å². The molecule has 6 heteroatoms. The number of rotatable bonds is 3. The molecule has 2 aliphatic carbocycles. The summed E-state index contributed by atoms with van der Waals surface area (Å²) in [6, 6.07) is 1.83. The molecule has 142 valence electrons. The summed E-state index contributed by atoms with van der Waals surface area (Å²) in [5, 5.41) is 4.03. The number of amides is 2. The number of carbonyl (C=O) groups excluding carboxylic acids is 2. The van der Waals surface area contributed by atoms with Gasteiger partial charge in [0.15, 0.2) is 5.69 Å². The first kappa shape index (κ1) is 17.6. The van der Waals surface area contributed by atoms with E-state index in [2.05, 4.69) is 25.9 Å². The normalized spacial score (nSPS) is 32.9. The molecule has 1 aliphatic heterocycles. The highest BCUT2D eigenvalue weighted by atomic mass is 16.5. The molecule has 2 saturated carbocycles. The summed E-state index contributed by atoms with van der Waals surface area (Å²) >= 11 is 0. The number of nitrogens with zero attached hydrogens (tertiary/aromatic N) is 3. The number of aromatic nitrogens is 1. The second-order valence-corrected chi connectivity index (χ2v) is 9.11. The van der Waals surface area contributed by atoms with Gasteiger partial charge in [0.25, 0.3) is 5.91 Å². The molecule has 0 N–H and O–H groups in total. The van der Waals surface area contributed by atoms with Crippen LogP contribution >= 0.6 is 0 Å². The van der Waals surface area contributed by atoms with Crippen LogP contribution in [0.15, 0.2) is 10.6 Å². The quantitative estimate of drug-likeness (QED) is 0.832. The minimum absolute atomic E-state index is 0.0246. The maximum Gasteiger partial charge on any atom is 0.276 e. The van der Waals surface area contributed by atoms with Crippen LogP contribution in [0.1, 0.15) is 63.2 Å². The van der Waals surface area contributed by atoms with Crippen LogP contribution in [0.5, 0.6) is 0 Å². The third kappa shape index (κ3) is 3.14. The molecular weight excluding hydrogens is 330 g/mol. The van der Waals surface area contributed by atoms with Gasteiger partial charge in [-0.3, -0.25) is 9.59 Å². The van der Waals surface area contributed by atoms with Gasteiger partial charge in [-0.15, -0.1) is 0 Å². The van der Waals surface area contributed by atoms with Crippen molar-refractivity contribution in [3.63, 3.8) is 0 Å². The summed E-state index contributed by atoms with van der Waals surface area (Å²) in [5.74, 6) is 1.92. The predicted octanol–water partition coefficient (Wildman–Crippen LogP) is 2.69. The van der Waals surface area contributed by atoms with Crippen LogP contribution in [0.3, 0.4) is 0 Å². The lowest BCUT2D eigenvalue weighted by molar-refractivity contribution is -0.135. The van der Waals surface area contributed by atoms with Crippen molar-refractivity contribution < 1.29 is 14.1 Å². The second kappa shape index (κ2) is 6.10. The fourth-order valence-electron chi connectivity index (χ4n) is 4.05. The number of hydrogen-bond donors (Lipinski definition) is 0. The van der Waals surface area contributed by atoms with E-state index in [-0.39, 0.29) is 35.1 Å². The molecule has 2 unspecified atom stereocenters. The highest BCUT2D eigenvalue weighted by molar-refractivity contribution is 5.92. The van der Waals surface area contributed by atoms with Crippen molar-refractivity contribution in [1.29, 1.82) is 0 Å². The molecule has 2 heterocycles. The van der Waals surface area contributed by atoms with E-state index in [9.17, 15) is 9.59 Å². The van der Waals surface area contributed by atoms with Crippen LogP contribution in [-0.2, 0) is 10.2 Å². The smallest absolute Gasteiger partial charge is 0.276 e. The van der Waals surface area contributed by atoms with E-state index in [1.165, 1.54) is 0 Å². The average Bonchev–Trinajstić information content (AvgIpc) is 3.47. The summed E-state index contributed by atoms with van der Waals surface area (Å²) in [6.45, 7) is 10.3. The van der Waals surface area contributed by atoms with Crippen LogP contribution in [-0.4, -0.2) is 52.4 Å². The summed E-state index contributed by atoms with van der Waals surface area (Å²) in [6.07, 6.45) is 3.17. The Hall–Kier alpha value is -1.85. The van der Waals surface area contributed by atoms with Gasteiger partial charge >= 0.3 is 0 Å². The molecule has 1 saturated heterocycles. The number of carbonyl (C=O) groups is 2. The maximum absolute atomic E-state index is 13.0. The topological polar surface area (TPSA) is 66.7 Å². The van der Waals surface area contributed by atoms with Gasteiger partial charge in [0, 0.05) is 43.1 Å². The minimum atomic E-state index is -0.0861. The summed E-state index contributed by atoms with van der Waals surface area (Å²) in [7, 11) is 0. The fourth-order valence-corrected chi connectivity index (χ4v) is 4.05. The third-order valence-corrected chi connectivity index (χ3v) is 6.38. The van der Waals surface area contributed by atoms with Gasteiger partial charge in [-0.05, 0) is 38.0 Å². The lowest BCUT2D eigenvalue weighted by atomic mass is 10.1. The van der Waals surface area contributed by atoms with Crippen molar-refractivity contribution in [3.05, 3.63) is 17.5 Å². The van der Waals surface area contributed by atoms with Gasteiger partial charge in [-0.2, -0.15) is 0 Å². The molecule has 1 aromatic rings. The van der Waals surface area contributed by atoms with Gasteiger partial charge in [0.1, 0.15) is 5.76 Å². The first-order chi connectivity index (χ1) is 12.3. The molecule has 1 aromatic heterocycles. The molecule has 4 atom stereocenters. The van der Waals surface area contributed by atoms with Crippen LogP contribution in [0.2, 0.25) is 0 Å². The standard InChI is InChI=1S/C20H29N3O3/c1-12-9-22(11-14(3)23(10-12)18(24)15-7-13(15)2)19(25)16-8-17(26-21-16)20(4)5-6-20/h8,12-15H,5-7,9-11H2,1-4H3/t12?,13-,14?,15-/m1/s1. The highest BCUT2D eigenvalue weighted by Crippen LogP contribution is 2.47. The molecule has 0 radical (unpaired) electrons. The lowest BCUT2D eigenvalue weighted by Gasteiger charge is -2.29. The molecular formula is C20H29N3O3. The first-order valence-electron chi connectivity index (χ1n) is 9.85. The van der Waals surface area contributed by atoms with Crippen molar-refractivity contribution in [2.24, 2.45) is 17.8 Å². The summed E-state index contributed by atoms with van der Waals surface area (Å²) in [4.78, 5) is 29.6. The maximum atomic E-state index is 13.0. The fraction of sp³-hybridized carbons (Fsp3) is 0.750. The first-order valence-corrected chi connectivity index (χ1v) is 9.85. The van der Waals surface area contributed by atoms with Crippen molar-refractivity contribution in [2.75, 3.05) is 19.6 Å². The lowest BCUT2D eigenvalue weighted by Crippen LogP contribution is -2.44. The highest BCUT2D eigenvalue weighted by Gasteiger charge is 2.45. The Balaban J connectivity index is 1.47. The molecule has 2 amide bonds. The molecule has 6 nitrogen and oxygen atoms in total. The van der Waals surface area contributed by atoms with E-state index in [1.54, 1.807) is 0 Å². The van der Waals surface area contributed by atoms with Crippen LogP contribution in [0.4, 0.5) is 0 Å². The van der Waals surface area contributed by atoms with E-state index >= 15 is 0 Å². The number of hydrogen-bond acceptors (Lipinski definition) is 4. The Bertz CT molecular complexity index is 724. The molecule has 3 fully saturated rings. The molecule has 0 spiro atoms. The van der Waals surface area contributed by atoms with Gasteiger partial charge in [0.05, 0.1) is 0 Å². The zero-order valence-electron chi connectivity index (χ0n) is 16.2. The monoisotopic (exact) mass is 359 g/mol. The minimum Gasteiger partial charge on any atom is -0.360 e. The molecule has 0 bridgehead atoms. The van der Waals surface area contributed by atoms with Gasteiger partial charge < -0.3 is 14.3 Å². The van der Waals surface area contributed by atoms with Crippen LogP contribution in [0.25, 0.3) is 0 Å². The SMILES string of the molecule is CC1CN(C(=O)c2cc(C3(C)CC3)on2)CC(C)N(C(=O)[C@@H]2C[C@H]2C)C1. The largest absolute Gasteiger partial charge is 0.360 e. The second-order valence-electron chi connectivity index (χ2n) is 9.11. The van der Waals surface area contributed by atoms with E-state index in [4.69, 9.17) is 4.52 Å². The molecule has 26 heavy (non-hydrogen) atoms. The van der Waals surface area contributed by atoms with Crippen LogP contribution < -0.4 is 0 Å². The Labute approximate surface area is 154 Å². The summed E-state index contributed by atoms with van der Waals surface area (Å²) in [5.41, 5.74) is 0.456. The van der Waals surface area contributed by atoms with E-state index in [0.29, 0.717) is 24.7 Å². The average molecular weight is 359 g/mol. The van der Waals surface area contributed by atoms with E-state index in [0.717, 1.165) is 31.6 Å². The van der Waals surface area contributed by atoms with E-state index < -0.39 is 0 Å². The zero-order valence-corrected chi connectivity index (χ0v) is 16.2. The predicted molar refractivity (Wildman–Crippen MR) is 96.6 cm³/mol. The van der Waals surface area contributed by atoms with Gasteiger partial charge in [0.2, 0.25) is 5.91 Å². The molecule has 0 aromatic carbocycles. The Kier molecular flexibility index (Phi) is 4.12. The Morgan fingerprint density at radius 3 is 2.50 bits per heavy atom. The van der Waals surface area contributed by atoms with Gasteiger partial charge in [-0.1, -0.05) is 25.9 Å². The molecule has 3 aliphatic rings. The van der Waals surface area contributed by atoms with Crippen LogP contribution in [0, 0.1) is 17.8 Å². The Morgan fingerprint density at radius 2 is 1.88 bits per heavy atom. The zero-order chi connectivity index (χ0) is 18.6. The van der Waals surface area contributed by atoms with Crippen molar-refractivity contribution in [3.8, 4) is 0 Å².